The van der Waals surface area contributed by atoms with Gasteiger partial charge in [0.15, 0.2) is 0 Å². The summed E-state index contributed by atoms with van der Waals surface area (Å²) in [5.41, 5.74) is 0. The smallest absolute Gasteiger partial charge is 0.323 e. The predicted molar refractivity (Wildman–Crippen MR) is 68.4 cm³/mol. The summed E-state index contributed by atoms with van der Waals surface area (Å²) in [6.45, 7) is 5.84. The van der Waals surface area contributed by atoms with E-state index in [0.29, 0.717) is 6.54 Å². The molecule has 0 aliphatic carbocycles. The molecule has 6 heteroatoms. The second-order valence-electron chi connectivity index (χ2n) is 4.08. The Bertz CT molecular complexity index is 267. The van der Waals surface area contributed by atoms with Gasteiger partial charge in [0.25, 0.3) is 0 Å². The van der Waals surface area contributed by atoms with Gasteiger partial charge in [-0.1, -0.05) is 13.8 Å². The van der Waals surface area contributed by atoms with E-state index in [1.165, 1.54) is 4.90 Å². The maximum absolute atomic E-state index is 12.2. The number of urea groups is 1. The number of aliphatic hydroxyl groups is 1. The van der Waals surface area contributed by atoms with Crippen molar-refractivity contribution in [2.45, 2.75) is 39.7 Å². The molecule has 2 N–H and O–H groups in total. The largest absolute Gasteiger partial charge is 0.480 e. The first-order valence-corrected chi connectivity index (χ1v) is 6.39. The van der Waals surface area contributed by atoms with E-state index >= 15 is 0 Å². The zero-order valence-electron chi connectivity index (χ0n) is 11.4. The maximum atomic E-state index is 12.2. The van der Waals surface area contributed by atoms with Crippen molar-refractivity contribution in [1.29, 1.82) is 0 Å². The van der Waals surface area contributed by atoms with Crippen LogP contribution in [0, 0.1) is 0 Å². The van der Waals surface area contributed by atoms with Crippen LogP contribution >= 0.6 is 0 Å². The van der Waals surface area contributed by atoms with Crippen molar-refractivity contribution in [3.63, 3.8) is 0 Å². The van der Waals surface area contributed by atoms with E-state index in [9.17, 15) is 9.59 Å². The molecule has 0 aromatic heterocycles. The van der Waals surface area contributed by atoms with E-state index in [1.54, 1.807) is 11.8 Å². The SMILES string of the molecule is CCC(CC)N(CCO)C(=O)N(CC)CC(=O)O. The van der Waals surface area contributed by atoms with E-state index in [-0.39, 0.29) is 31.8 Å². The summed E-state index contributed by atoms with van der Waals surface area (Å²) in [7, 11) is 0. The first-order chi connectivity index (χ1) is 8.51. The number of carboxylic acids is 1. The van der Waals surface area contributed by atoms with Gasteiger partial charge in [0.1, 0.15) is 6.54 Å². The third-order valence-corrected chi connectivity index (χ3v) is 2.95. The highest BCUT2D eigenvalue weighted by atomic mass is 16.4. The van der Waals surface area contributed by atoms with Gasteiger partial charge in [0, 0.05) is 19.1 Å². The van der Waals surface area contributed by atoms with Crippen molar-refractivity contribution in [2.75, 3.05) is 26.2 Å². The molecule has 0 aliphatic heterocycles. The second kappa shape index (κ2) is 8.74. The molecule has 18 heavy (non-hydrogen) atoms. The molecule has 0 radical (unpaired) electrons. The number of hydrogen-bond donors (Lipinski definition) is 2. The van der Waals surface area contributed by atoms with Gasteiger partial charge in [-0.25, -0.2) is 4.79 Å². The van der Waals surface area contributed by atoms with Gasteiger partial charge >= 0.3 is 12.0 Å². The fourth-order valence-corrected chi connectivity index (χ4v) is 1.93. The molecule has 0 unspecified atom stereocenters. The van der Waals surface area contributed by atoms with E-state index in [0.717, 1.165) is 12.8 Å². The summed E-state index contributed by atoms with van der Waals surface area (Å²) < 4.78 is 0. The Labute approximate surface area is 108 Å². The van der Waals surface area contributed by atoms with Crippen LogP contribution in [0.25, 0.3) is 0 Å². The number of rotatable bonds is 8. The molecule has 0 aliphatic rings. The third-order valence-electron chi connectivity index (χ3n) is 2.95. The van der Waals surface area contributed by atoms with Crippen LogP contribution in [0.2, 0.25) is 0 Å². The summed E-state index contributed by atoms with van der Waals surface area (Å²) in [5, 5.41) is 17.8. The minimum Gasteiger partial charge on any atom is -0.480 e. The Morgan fingerprint density at radius 2 is 1.72 bits per heavy atom. The molecule has 0 atom stereocenters. The topological polar surface area (TPSA) is 81.1 Å². The lowest BCUT2D eigenvalue weighted by atomic mass is 10.1. The molecular weight excluding hydrogens is 236 g/mol. The minimum atomic E-state index is -1.03. The van der Waals surface area contributed by atoms with Gasteiger partial charge < -0.3 is 20.0 Å². The molecule has 0 fully saturated rings. The van der Waals surface area contributed by atoms with Gasteiger partial charge in [0.2, 0.25) is 0 Å². The zero-order valence-corrected chi connectivity index (χ0v) is 11.4. The summed E-state index contributed by atoms with van der Waals surface area (Å²) in [5.74, 6) is -1.03. The molecule has 106 valence electrons. The predicted octanol–water partition coefficient (Wildman–Crippen LogP) is 0.996. The normalized spacial score (nSPS) is 10.5. The summed E-state index contributed by atoms with van der Waals surface area (Å²) in [6.07, 6.45) is 1.57. The van der Waals surface area contributed by atoms with Crippen LogP contribution < -0.4 is 0 Å². The average molecular weight is 260 g/mol. The number of aliphatic carboxylic acids is 1. The van der Waals surface area contributed by atoms with Crippen molar-refractivity contribution >= 4 is 12.0 Å². The Hall–Kier alpha value is -1.30. The minimum absolute atomic E-state index is 0.0347. The van der Waals surface area contributed by atoms with E-state index in [1.807, 2.05) is 13.8 Å². The fraction of sp³-hybridized carbons (Fsp3) is 0.833. The van der Waals surface area contributed by atoms with Crippen molar-refractivity contribution in [3.8, 4) is 0 Å². The first-order valence-electron chi connectivity index (χ1n) is 6.39. The molecule has 0 bridgehead atoms. The lowest BCUT2D eigenvalue weighted by molar-refractivity contribution is -0.137. The molecule has 0 rings (SSSR count). The number of likely N-dealkylation sites (N-methyl/N-ethyl adjacent to an activating group) is 1. The third kappa shape index (κ3) is 4.91. The molecule has 0 spiro atoms. The van der Waals surface area contributed by atoms with Crippen LogP contribution in [0.1, 0.15) is 33.6 Å². The van der Waals surface area contributed by atoms with Gasteiger partial charge in [-0.15, -0.1) is 0 Å². The Morgan fingerprint density at radius 1 is 1.17 bits per heavy atom. The van der Waals surface area contributed by atoms with E-state index in [2.05, 4.69) is 0 Å². The summed E-state index contributed by atoms with van der Waals surface area (Å²) >= 11 is 0. The van der Waals surface area contributed by atoms with Crippen molar-refractivity contribution in [3.05, 3.63) is 0 Å². The lowest BCUT2D eigenvalue weighted by Crippen LogP contribution is -2.50. The van der Waals surface area contributed by atoms with Crippen LogP contribution in [-0.2, 0) is 4.79 Å². The number of carbonyl (C=O) groups is 2. The molecule has 6 nitrogen and oxygen atoms in total. The molecule has 0 saturated carbocycles. The monoisotopic (exact) mass is 260 g/mol. The van der Waals surface area contributed by atoms with Crippen molar-refractivity contribution in [2.24, 2.45) is 0 Å². The molecule has 0 heterocycles. The number of aliphatic hydroxyl groups excluding tert-OH is 1. The molecular formula is C12H24N2O4. The average Bonchev–Trinajstić information content (AvgIpc) is 2.35. The van der Waals surface area contributed by atoms with E-state index in [4.69, 9.17) is 10.2 Å². The number of carboxylic acid groups (broad SMARTS) is 1. The Balaban J connectivity index is 4.85. The summed E-state index contributed by atoms with van der Waals surface area (Å²) in [4.78, 5) is 25.8. The number of hydrogen-bond acceptors (Lipinski definition) is 3. The molecule has 2 amide bonds. The van der Waals surface area contributed by atoms with E-state index < -0.39 is 5.97 Å². The van der Waals surface area contributed by atoms with Crippen LogP contribution in [0.5, 0.6) is 0 Å². The fourth-order valence-electron chi connectivity index (χ4n) is 1.93. The van der Waals surface area contributed by atoms with Gasteiger partial charge in [-0.2, -0.15) is 0 Å². The van der Waals surface area contributed by atoms with Gasteiger partial charge in [-0.05, 0) is 19.8 Å². The molecule has 0 aromatic rings. The number of amides is 2. The highest BCUT2D eigenvalue weighted by Gasteiger charge is 2.25. The van der Waals surface area contributed by atoms with Crippen LogP contribution in [-0.4, -0.2) is 64.3 Å². The quantitative estimate of drug-likeness (QED) is 0.682. The van der Waals surface area contributed by atoms with Crippen LogP contribution in [0.4, 0.5) is 4.79 Å². The van der Waals surface area contributed by atoms with Crippen LogP contribution in [0.3, 0.4) is 0 Å². The van der Waals surface area contributed by atoms with Crippen molar-refractivity contribution < 1.29 is 19.8 Å². The molecule has 0 aromatic carbocycles. The van der Waals surface area contributed by atoms with Crippen molar-refractivity contribution in [1.82, 2.24) is 9.80 Å². The molecule has 0 saturated heterocycles. The van der Waals surface area contributed by atoms with Crippen LogP contribution in [0.15, 0.2) is 0 Å². The Kier molecular flexibility index (Phi) is 8.11. The first kappa shape index (κ1) is 16.7. The highest BCUT2D eigenvalue weighted by molar-refractivity contribution is 5.80. The maximum Gasteiger partial charge on any atom is 0.323 e. The lowest BCUT2D eigenvalue weighted by Gasteiger charge is -2.34. The summed E-state index contributed by atoms with van der Waals surface area (Å²) in [6, 6.07) is -0.282. The van der Waals surface area contributed by atoms with Gasteiger partial charge in [-0.3, -0.25) is 4.79 Å². The second-order valence-corrected chi connectivity index (χ2v) is 4.08. The highest BCUT2D eigenvalue weighted by Crippen LogP contribution is 2.11. The standard InChI is InChI=1S/C12H24N2O4/c1-4-10(5-2)14(7-8-15)12(18)13(6-3)9-11(16)17/h10,15H,4-9H2,1-3H3,(H,16,17). The van der Waals surface area contributed by atoms with Gasteiger partial charge in [0.05, 0.1) is 6.61 Å². The number of nitrogens with zero attached hydrogens (tertiary/aromatic N) is 2. The zero-order chi connectivity index (χ0) is 14.1. The number of carbonyl (C=O) groups excluding carboxylic acids is 1. The Morgan fingerprint density at radius 3 is 2.06 bits per heavy atom.